The van der Waals surface area contributed by atoms with E-state index in [4.69, 9.17) is 0 Å². The first kappa shape index (κ1) is 12.8. The van der Waals surface area contributed by atoms with Crippen molar-refractivity contribution in [1.29, 1.82) is 0 Å². The molecule has 0 amide bonds. The third-order valence-electron chi connectivity index (χ3n) is 3.12. The molecular formula is C16H17FO. The molecule has 0 spiro atoms. The zero-order chi connectivity index (χ0) is 13.1. The predicted octanol–water partition coefficient (Wildman–Crippen LogP) is 4.03. The maximum absolute atomic E-state index is 13.6. The Bertz CT molecular complexity index is 517. The van der Waals surface area contributed by atoms with Gasteiger partial charge in [-0.1, -0.05) is 56.3 Å². The molecule has 2 rings (SSSR count). The number of benzene rings is 2. The van der Waals surface area contributed by atoms with Crippen molar-refractivity contribution >= 4 is 0 Å². The van der Waals surface area contributed by atoms with E-state index < -0.39 is 6.10 Å². The van der Waals surface area contributed by atoms with Crippen molar-refractivity contribution in [2.75, 3.05) is 0 Å². The smallest absolute Gasteiger partial charge is 0.129 e. The maximum Gasteiger partial charge on any atom is 0.129 e. The molecule has 0 radical (unpaired) electrons. The molecule has 0 saturated heterocycles. The van der Waals surface area contributed by atoms with E-state index in [1.165, 1.54) is 11.6 Å². The van der Waals surface area contributed by atoms with Gasteiger partial charge in [0.15, 0.2) is 0 Å². The van der Waals surface area contributed by atoms with E-state index in [0.29, 0.717) is 17.0 Å². The topological polar surface area (TPSA) is 20.2 Å². The van der Waals surface area contributed by atoms with E-state index in [1.807, 2.05) is 24.3 Å². The van der Waals surface area contributed by atoms with Crippen LogP contribution in [0, 0.1) is 5.82 Å². The van der Waals surface area contributed by atoms with Gasteiger partial charge in [0.2, 0.25) is 0 Å². The van der Waals surface area contributed by atoms with Gasteiger partial charge in [-0.2, -0.15) is 0 Å². The highest BCUT2D eigenvalue weighted by Crippen LogP contribution is 2.25. The fourth-order valence-electron chi connectivity index (χ4n) is 1.94. The molecule has 2 aromatic rings. The first-order chi connectivity index (χ1) is 8.59. The molecule has 1 nitrogen and oxygen atoms in total. The fraction of sp³-hybridized carbons (Fsp3) is 0.250. The van der Waals surface area contributed by atoms with Crippen LogP contribution in [-0.4, -0.2) is 5.11 Å². The number of hydrogen-bond acceptors (Lipinski definition) is 1. The van der Waals surface area contributed by atoms with Crippen LogP contribution in [0.2, 0.25) is 0 Å². The van der Waals surface area contributed by atoms with E-state index in [1.54, 1.807) is 18.2 Å². The minimum atomic E-state index is -0.910. The van der Waals surface area contributed by atoms with Crippen LogP contribution < -0.4 is 0 Å². The average Bonchev–Trinajstić information content (AvgIpc) is 2.38. The molecule has 0 aliphatic heterocycles. The van der Waals surface area contributed by atoms with Gasteiger partial charge in [-0.3, -0.25) is 0 Å². The number of hydrogen-bond donors (Lipinski definition) is 1. The third kappa shape index (κ3) is 2.59. The van der Waals surface area contributed by atoms with Crippen molar-refractivity contribution in [3.05, 3.63) is 71.0 Å². The van der Waals surface area contributed by atoms with Crippen LogP contribution >= 0.6 is 0 Å². The molecule has 2 heteroatoms. The predicted molar refractivity (Wildman–Crippen MR) is 71.0 cm³/mol. The molecular weight excluding hydrogens is 227 g/mol. The van der Waals surface area contributed by atoms with Crippen molar-refractivity contribution < 1.29 is 9.50 Å². The average molecular weight is 244 g/mol. The molecule has 0 aliphatic rings. The zero-order valence-electron chi connectivity index (χ0n) is 10.6. The van der Waals surface area contributed by atoms with Crippen molar-refractivity contribution in [3.8, 4) is 0 Å². The Balaban J connectivity index is 2.29. The van der Waals surface area contributed by atoms with Gasteiger partial charge in [-0.25, -0.2) is 4.39 Å². The van der Waals surface area contributed by atoms with E-state index in [0.717, 1.165) is 0 Å². The van der Waals surface area contributed by atoms with E-state index in [-0.39, 0.29) is 5.82 Å². The highest BCUT2D eigenvalue weighted by Gasteiger charge is 2.14. The number of aliphatic hydroxyl groups excluding tert-OH is 1. The van der Waals surface area contributed by atoms with Crippen LogP contribution in [0.4, 0.5) is 4.39 Å². The summed E-state index contributed by atoms with van der Waals surface area (Å²) in [4.78, 5) is 0. The lowest BCUT2D eigenvalue weighted by atomic mass is 9.97. The third-order valence-corrected chi connectivity index (χ3v) is 3.12. The van der Waals surface area contributed by atoms with Gasteiger partial charge in [0.25, 0.3) is 0 Å². The highest BCUT2D eigenvalue weighted by atomic mass is 19.1. The second kappa shape index (κ2) is 5.32. The summed E-state index contributed by atoms with van der Waals surface area (Å²) >= 11 is 0. The summed E-state index contributed by atoms with van der Waals surface area (Å²) in [6, 6.07) is 14.0. The van der Waals surface area contributed by atoms with Gasteiger partial charge in [-0.05, 0) is 23.1 Å². The Morgan fingerprint density at radius 3 is 2.00 bits per heavy atom. The summed E-state index contributed by atoms with van der Waals surface area (Å²) in [5.74, 6) is 0.0718. The Hall–Kier alpha value is -1.67. The lowest BCUT2D eigenvalue weighted by Crippen LogP contribution is -2.02. The molecule has 1 unspecified atom stereocenters. The second-order valence-electron chi connectivity index (χ2n) is 4.75. The minimum Gasteiger partial charge on any atom is -0.384 e. The molecule has 0 fully saturated rings. The molecule has 0 saturated carbocycles. The molecule has 94 valence electrons. The van der Waals surface area contributed by atoms with Crippen LogP contribution in [0.15, 0.2) is 48.5 Å². The number of aliphatic hydroxyl groups is 1. The first-order valence-corrected chi connectivity index (χ1v) is 6.12. The SMILES string of the molecule is CC(C)c1ccc(C(O)c2ccccc2F)cc1. The molecule has 18 heavy (non-hydrogen) atoms. The van der Waals surface area contributed by atoms with Gasteiger partial charge >= 0.3 is 0 Å². The monoisotopic (exact) mass is 244 g/mol. The number of halogens is 1. The first-order valence-electron chi connectivity index (χ1n) is 6.12. The standard InChI is InChI=1S/C16H17FO/c1-11(2)12-7-9-13(10-8-12)16(18)14-5-3-4-6-15(14)17/h3-11,16,18H,1-2H3. The van der Waals surface area contributed by atoms with Gasteiger partial charge in [-0.15, -0.1) is 0 Å². The van der Waals surface area contributed by atoms with Gasteiger partial charge in [0.05, 0.1) is 0 Å². The van der Waals surface area contributed by atoms with Gasteiger partial charge < -0.3 is 5.11 Å². The van der Waals surface area contributed by atoms with Crippen LogP contribution in [0.25, 0.3) is 0 Å². The lowest BCUT2D eigenvalue weighted by molar-refractivity contribution is 0.215. The van der Waals surface area contributed by atoms with E-state index >= 15 is 0 Å². The quantitative estimate of drug-likeness (QED) is 0.864. The molecule has 2 aromatic carbocycles. The zero-order valence-corrected chi connectivity index (χ0v) is 10.6. The molecule has 0 aliphatic carbocycles. The summed E-state index contributed by atoms with van der Waals surface area (Å²) in [6.07, 6.45) is -0.910. The Morgan fingerprint density at radius 1 is 0.889 bits per heavy atom. The van der Waals surface area contributed by atoms with Crippen LogP contribution in [0.5, 0.6) is 0 Å². The molecule has 0 heterocycles. The summed E-state index contributed by atoms with van der Waals surface area (Å²) in [7, 11) is 0. The summed E-state index contributed by atoms with van der Waals surface area (Å²) in [5, 5.41) is 10.2. The van der Waals surface area contributed by atoms with E-state index in [9.17, 15) is 9.50 Å². The van der Waals surface area contributed by atoms with Crippen molar-refractivity contribution in [1.82, 2.24) is 0 Å². The van der Waals surface area contributed by atoms with Gasteiger partial charge in [0.1, 0.15) is 11.9 Å². The van der Waals surface area contributed by atoms with Crippen molar-refractivity contribution in [3.63, 3.8) is 0 Å². The Morgan fingerprint density at radius 2 is 1.44 bits per heavy atom. The highest BCUT2D eigenvalue weighted by molar-refractivity contribution is 5.33. The fourth-order valence-corrected chi connectivity index (χ4v) is 1.94. The lowest BCUT2D eigenvalue weighted by Gasteiger charge is -2.13. The van der Waals surface area contributed by atoms with Crippen LogP contribution in [0.3, 0.4) is 0 Å². The largest absolute Gasteiger partial charge is 0.384 e. The summed E-state index contributed by atoms with van der Waals surface area (Å²) < 4.78 is 13.6. The van der Waals surface area contributed by atoms with Gasteiger partial charge in [0, 0.05) is 5.56 Å². The molecule has 1 N–H and O–H groups in total. The normalized spacial score (nSPS) is 12.7. The minimum absolute atomic E-state index is 0.315. The van der Waals surface area contributed by atoms with Crippen LogP contribution in [0.1, 0.15) is 42.6 Å². The van der Waals surface area contributed by atoms with Crippen molar-refractivity contribution in [2.24, 2.45) is 0 Å². The second-order valence-corrected chi connectivity index (χ2v) is 4.75. The summed E-state index contributed by atoms with van der Waals surface area (Å²) in [5.41, 5.74) is 2.23. The van der Waals surface area contributed by atoms with Crippen LogP contribution in [-0.2, 0) is 0 Å². The maximum atomic E-state index is 13.6. The van der Waals surface area contributed by atoms with Crippen molar-refractivity contribution in [2.45, 2.75) is 25.9 Å². The summed E-state index contributed by atoms with van der Waals surface area (Å²) in [6.45, 7) is 4.23. The Labute approximate surface area is 107 Å². The molecule has 1 atom stereocenters. The van der Waals surface area contributed by atoms with E-state index in [2.05, 4.69) is 13.8 Å². The Kier molecular flexibility index (Phi) is 3.78. The molecule has 0 bridgehead atoms. The number of rotatable bonds is 3. The molecule has 0 aromatic heterocycles.